The van der Waals surface area contributed by atoms with Crippen LogP contribution in [0.15, 0.2) is 24.5 Å². The van der Waals surface area contributed by atoms with Crippen molar-refractivity contribution in [2.24, 2.45) is 0 Å². The Morgan fingerprint density at radius 2 is 2.03 bits per heavy atom. The maximum Gasteiger partial charge on any atom is 0.408 e. The van der Waals surface area contributed by atoms with Crippen LogP contribution in [-0.4, -0.2) is 56.3 Å². The highest BCUT2D eigenvalue weighted by atomic mass is 32.2. The van der Waals surface area contributed by atoms with Gasteiger partial charge in [-0.2, -0.15) is 5.10 Å². The summed E-state index contributed by atoms with van der Waals surface area (Å²) in [6, 6.07) is 3.88. The van der Waals surface area contributed by atoms with Crippen molar-refractivity contribution >= 4 is 27.9 Å². The monoisotopic (exact) mass is 474 g/mol. The summed E-state index contributed by atoms with van der Waals surface area (Å²) in [4.78, 5) is 20.2. The van der Waals surface area contributed by atoms with Crippen LogP contribution in [0.3, 0.4) is 0 Å². The molecule has 0 aliphatic heterocycles. The van der Waals surface area contributed by atoms with Crippen LogP contribution >= 0.6 is 0 Å². The van der Waals surface area contributed by atoms with Gasteiger partial charge in [0.1, 0.15) is 23.9 Å². The summed E-state index contributed by atoms with van der Waals surface area (Å²) in [6.07, 6.45) is 8.30. The summed E-state index contributed by atoms with van der Waals surface area (Å²) < 4.78 is 13.1. The molecule has 0 aliphatic rings. The van der Waals surface area contributed by atoms with Crippen LogP contribution in [0.2, 0.25) is 0 Å². The van der Waals surface area contributed by atoms with Gasteiger partial charge in [0.25, 0.3) is 0 Å². The molecule has 0 fully saturated rings. The highest BCUT2D eigenvalue weighted by molar-refractivity contribution is 7.95. The number of nitrogens with one attached hydrogen (secondary N) is 2. The van der Waals surface area contributed by atoms with Crippen LogP contribution in [0, 0.1) is 13.8 Å². The lowest BCUT2D eigenvalue weighted by molar-refractivity contribution is 0.0501. The molecule has 1 atom stereocenters. The number of fused-ring (bicyclic) bond motifs is 1. The molecule has 2 N–H and O–H groups in total. The predicted octanol–water partition coefficient (Wildman–Crippen LogP) is 4.04. The highest BCUT2D eigenvalue weighted by Gasteiger charge is 2.23. The molecule has 9 heteroatoms. The molecule has 0 saturated carbocycles. The van der Waals surface area contributed by atoms with E-state index >= 15 is 0 Å². The number of aromatic nitrogens is 4. The van der Waals surface area contributed by atoms with Crippen molar-refractivity contribution in [3.63, 3.8) is 0 Å². The van der Waals surface area contributed by atoms with Crippen molar-refractivity contribution in [3.05, 3.63) is 47.2 Å². The molecule has 3 aromatic rings. The summed E-state index contributed by atoms with van der Waals surface area (Å²) in [5, 5.41) is 8.70. The second-order valence-corrected chi connectivity index (χ2v) is 12.0. The summed E-state index contributed by atoms with van der Waals surface area (Å²) in [5.41, 5.74) is 3.48. The summed E-state index contributed by atoms with van der Waals surface area (Å²) in [7, 11) is 0.373. The lowest BCUT2D eigenvalue weighted by atomic mass is 10.0. The van der Waals surface area contributed by atoms with Gasteiger partial charge in [0.05, 0.1) is 30.7 Å². The van der Waals surface area contributed by atoms with E-state index in [0.717, 1.165) is 40.1 Å². The molecule has 1 unspecified atom stereocenters. The number of hydrogen-bond acceptors (Lipinski definition) is 5. The van der Waals surface area contributed by atoms with Gasteiger partial charge in [-0.25, -0.2) is 14.5 Å². The Morgan fingerprint density at radius 3 is 2.67 bits per heavy atom. The van der Waals surface area contributed by atoms with E-state index in [2.05, 4.69) is 52.0 Å². The fourth-order valence-corrected chi connectivity index (χ4v) is 3.97. The van der Waals surface area contributed by atoms with Gasteiger partial charge in [0.2, 0.25) is 0 Å². The maximum atomic E-state index is 12.5. The van der Waals surface area contributed by atoms with Crippen molar-refractivity contribution in [2.75, 3.05) is 24.9 Å². The van der Waals surface area contributed by atoms with E-state index in [4.69, 9.17) is 9.47 Å². The van der Waals surface area contributed by atoms with Gasteiger partial charge in [-0.15, -0.1) is 0 Å². The Balaban J connectivity index is 1.78. The minimum absolute atomic E-state index is 0.347. The summed E-state index contributed by atoms with van der Waals surface area (Å²) >= 11 is 0. The maximum absolute atomic E-state index is 12.5. The zero-order chi connectivity index (χ0) is 24.2. The number of hydrogen-bond donors (Lipinski definition) is 2. The van der Waals surface area contributed by atoms with Gasteiger partial charge in [0, 0.05) is 29.9 Å². The SMILES string of the molecule is Cc1cnc(C(Cc2cc(C)c3nn(COCC[S+](C)C)cc3c2)NC(=O)OC(C)(C)C)[nH]1. The van der Waals surface area contributed by atoms with Crippen molar-refractivity contribution in [1.29, 1.82) is 0 Å². The van der Waals surface area contributed by atoms with Gasteiger partial charge in [0.15, 0.2) is 0 Å². The van der Waals surface area contributed by atoms with Crippen LogP contribution in [0.25, 0.3) is 10.9 Å². The number of ether oxygens (including phenoxy) is 2. The molecule has 0 aliphatic carbocycles. The number of carbonyl (C=O) groups is 1. The van der Waals surface area contributed by atoms with E-state index < -0.39 is 11.7 Å². The van der Waals surface area contributed by atoms with Crippen LogP contribution in [0.5, 0.6) is 0 Å². The number of aryl methyl sites for hydroxylation is 2. The molecule has 8 nitrogen and oxygen atoms in total. The highest BCUT2D eigenvalue weighted by Crippen LogP contribution is 2.24. The number of amides is 1. The minimum atomic E-state index is -0.574. The standard InChI is InChI=1S/C24H35N5O3S/c1-16-10-18(11-19-14-29(28-21(16)19)15-31-8-9-33(6)7)12-20(22-25-13-17(2)26-22)27-23(30)32-24(3,4)5/h10-11,13-14,20H,8-9,12,15H2,1-7H3,(H-,25,26,27,30)/p+1. The fraction of sp³-hybridized carbons (Fsp3) is 0.542. The van der Waals surface area contributed by atoms with Gasteiger partial charge in [-0.05, 0) is 62.7 Å². The lowest BCUT2D eigenvalue weighted by Gasteiger charge is -2.23. The normalized spacial score (nSPS) is 13.0. The quantitative estimate of drug-likeness (QED) is 0.361. The molecule has 1 aromatic carbocycles. The first-order valence-corrected chi connectivity index (χ1v) is 13.3. The first-order chi connectivity index (χ1) is 15.5. The largest absolute Gasteiger partial charge is 0.444 e. The third-order valence-corrected chi connectivity index (χ3v) is 5.93. The van der Waals surface area contributed by atoms with Gasteiger partial charge < -0.3 is 19.8 Å². The number of H-pyrrole nitrogens is 1. The number of nitrogens with zero attached hydrogens (tertiary/aromatic N) is 3. The van der Waals surface area contributed by atoms with E-state index in [9.17, 15) is 4.79 Å². The van der Waals surface area contributed by atoms with Crippen LogP contribution in [0.4, 0.5) is 4.79 Å². The molecular weight excluding hydrogens is 438 g/mol. The molecule has 2 heterocycles. The predicted molar refractivity (Wildman–Crippen MR) is 134 cm³/mol. The molecule has 0 spiro atoms. The van der Waals surface area contributed by atoms with Crippen LogP contribution in [0.1, 0.15) is 49.5 Å². The average molecular weight is 475 g/mol. The first kappa shape index (κ1) is 25.1. The van der Waals surface area contributed by atoms with Gasteiger partial charge >= 0.3 is 6.09 Å². The summed E-state index contributed by atoms with van der Waals surface area (Å²) in [6.45, 7) is 10.7. The third-order valence-electron chi connectivity index (χ3n) is 4.95. The van der Waals surface area contributed by atoms with Gasteiger partial charge in [-0.1, -0.05) is 6.07 Å². The minimum Gasteiger partial charge on any atom is -0.444 e. The molecule has 2 aromatic heterocycles. The topological polar surface area (TPSA) is 94.1 Å². The van der Waals surface area contributed by atoms with E-state index in [0.29, 0.717) is 29.9 Å². The third kappa shape index (κ3) is 7.50. The zero-order valence-corrected chi connectivity index (χ0v) is 21.5. The second-order valence-electron chi connectivity index (χ2n) is 9.60. The first-order valence-electron chi connectivity index (χ1n) is 11.1. The Morgan fingerprint density at radius 1 is 1.27 bits per heavy atom. The van der Waals surface area contributed by atoms with Crippen molar-refractivity contribution < 1.29 is 14.3 Å². The van der Waals surface area contributed by atoms with Crippen LogP contribution in [-0.2, 0) is 33.5 Å². The molecule has 33 heavy (non-hydrogen) atoms. The van der Waals surface area contributed by atoms with Crippen molar-refractivity contribution in [3.8, 4) is 0 Å². The zero-order valence-electron chi connectivity index (χ0n) is 20.7. The number of carbonyl (C=O) groups excluding carboxylic acids is 1. The Hall–Kier alpha value is -2.52. The van der Waals surface area contributed by atoms with E-state index in [1.54, 1.807) is 6.20 Å². The van der Waals surface area contributed by atoms with Crippen molar-refractivity contribution in [2.45, 2.75) is 59.4 Å². The van der Waals surface area contributed by atoms with E-state index in [1.165, 1.54) is 0 Å². The number of aromatic amines is 1. The van der Waals surface area contributed by atoms with Gasteiger partial charge in [-0.3, -0.25) is 0 Å². The smallest absolute Gasteiger partial charge is 0.408 e. The molecule has 180 valence electrons. The second kappa shape index (κ2) is 10.6. The Bertz CT molecular complexity index is 1080. The number of rotatable bonds is 9. The number of imidazole rings is 1. The fourth-order valence-electron chi connectivity index (χ4n) is 3.52. The number of benzene rings is 1. The van der Waals surface area contributed by atoms with E-state index in [-0.39, 0.29) is 6.04 Å². The Labute approximate surface area is 198 Å². The Kier molecular flexibility index (Phi) is 8.07. The number of alkyl carbamates (subject to hydrolysis) is 1. The van der Waals surface area contributed by atoms with Crippen LogP contribution < -0.4 is 5.32 Å². The van der Waals surface area contributed by atoms with E-state index in [1.807, 2.05) is 38.6 Å². The summed E-state index contributed by atoms with van der Waals surface area (Å²) in [5.74, 6) is 1.76. The molecule has 3 rings (SSSR count). The average Bonchev–Trinajstić information content (AvgIpc) is 3.29. The molecule has 0 saturated heterocycles. The molecule has 0 radical (unpaired) electrons. The molecular formula is C24H36N5O3S+. The lowest BCUT2D eigenvalue weighted by Crippen LogP contribution is -2.36. The molecule has 0 bridgehead atoms. The van der Waals surface area contributed by atoms with Crippen molar-refractivity contribution in [1.82, 2.24) is 25.1 Å². The molecule has 1 amide bonds.